The summed E-state index contributed by atoms with van der Waals surface area (Å²) >= 11 is 0. The first kappa shape index (κ1) is 13.6. The molecule has 0 bridgehead atoms. The Kier molecular flexibility index (Phi) is 4.76. The SMILES string of the molecule is N#CCc1ccc(NC(CC#N)c2ccccc2)cc1. The van der Waals surface area contributed by atoms with Gasteiger partial charge in [-0.25, -0.2) is 0 Å². The number of hydrogen-bond acceptors (Lipinski definition) is 3. The van der Waals surface area contributed by atoms with Gasteiger partial charge in [0.05, 0.1) is 31.0 Å². The second kappa shape index (κ2) is 6.97. The molecule has 0 amide bonds. The lowest BCUT2D eigenvalue weighted by molar-refractivity contribution is 0.806. The summed E-state index contributed by atoms with van der Waals surface area (Å²) in [6, 6.07) is 22.0. The molecule has 0 spiro atoms. The molecule has 2 rings (SSSR count). The molecule has 3 nitrogen and oxygen atoms in total. The summed E-state index contributed by atoms with van der Waals surface area (Å²) in [7, 11) is 0. The molecular weight excluding hydrogens is 246 g/mol. The van der Waals surface area contributed by atoms with Gasteiger partial charge in [-0.3, -0.25) is 0 Å². The van der Waals surface area contributed by atoms with E-state index in [1.165, 1.54) is 0 Å². The predicted octanol–water partition coefficient (Wildman–Crippen LogP) is 3.82. The zero-order valence-corrected chi connectivity index (χ0v) is 11.1. The van der Waals surface area contributed by atoms with Gasteiger partial charge in [-0.05, 0) is 23.3 Å². The van der Waals surface area contributed by atoms with Crippen LogP contribution in [0.1, 0.15) is 23.6 Å². The van der Waals surface area contributed by atoms with Crippen molar-refractivity contribution >= 4 is 5.69 Å². The second-order valence-electron chi connectivity index (χ2n) is 4.50. The fraction of sp³-hybridized carbons (Fsp3) is 0.176. The minimum absolute atomic E-state index is 0.0250. The Morgan fingerprint density at radius 3 is 2.20 bits per heavy atom. The molecule has 0 fully saturated rings. The van der Waals surface area contributed by atoms with Gasteiger partial charge in [-0.2, -0.15) is 10.5 Å². The highest BCUT2D eigenvalue weighted by Crippen LogP contribution is 2.22. The highest BCUT2D eigenvalue weighted by atomic mass is 14.9. The number of anilines is 1. The van der Waals surface area contributed by atoms with Crippen LogP contribution in [0.2, 0.25) is 0 Å². The number of nitrogens with one attached hydrogen (secondary N) is 1. The Bertz CT molecular complexity index is 618. The largest absolute Gasteiger partial charge is 0.377 e. The van der Waals surface area contributed by atoms with Gasteiger partial charge in [0.2, 0.25) is 0 Å². The van der Waals surface area contributed by atoms with Crippen molar-refractivity contribution < 1.29 is 0 Å². The summed E-state index contributed by atoms with van der Waals surface area (Å²) in [6.07, 6.45) is 0.824. The van der Waals surface area contributed by atoms with Gasteiger partial charge in [-0.15, -0.1) is 0 Å². The topological polar surface area (TPSA) is 59.6 Å². The zero-order chi connectivity index (χ0) is 14.2. The average molecular weight is 261 g/mol. The fourth-order valence-corrected chi connectivity index (χ4v) is 2.04. The molecular formula is C17H15N3. The van der Waals surface area contributed by atoms with E-state index in [1.807, 2.05) is 54.6 Å². The maximum absolute atomic E-state index is 8.96. The highest BCUT2D eigenvalue weighted by molar-refractivity contribution is 5.47. The van der Waals surface area contributed by atoms with E-state index in [0.717, 1.165) is 16.8 Å². The summed E-state index contributed by atoms with van der Waals surface area (Å²) < 4.78 is 0. The minimum atomic E-state index is -0.0250. The van der Waals surface area contributed by atoms with Crippen molar-refractivity contribution in [3.8, 4) is 12.1 Å². The van der Waals surface area contributed by atoms with Crippen LogP contribution in [0.5, 0.6) is 0 Å². The van der Waals surface area contributed by atoms with Crippen LogP contribution < -0.4 is 5.32 Å². The molecule has 1 unspecified atom stereocenters. The van der Waals surface area contributed by atoms with Crippen LogP contribution in [0, 0.1) is 22.7 Å². The highest BCUT2D eigenvalue weighted by Gasteiger charge is 2.10. The molecule has 20 heavy (non-hydrogen) atoms. The lowest BCUT2D eigenvalue weighted by atomic mass is 10.0. The van der Waals surface area contributed by atoms with Gasteiger partial charge in [0.25, 0.3) is 0 Å². The number of rotatable bonds is 5. The first-order valence-electron chi connectivity index (χ1n) is 6.48. The van der Waals surface area contributed by atoms with Crippen molar-refractivity contribution in [2.24, 2.45) is 0 Å². The van der Waals surface area contributed by atoms with E-state index in [1.54, 1.807) is 0 Å². The fourth-order valence-electron chi connectivity index (χ4n) is 2.04. The van der Waals surface area contributed by atoms with E-state index in [4.69, 9.17) is 10.5 Å². The van der Waals surface area contributed by atoms with Crippen molar-refractivity contribution in [1.29, 1.82) is 10.5 Å². The number of nitriles is 2. The molecule has 0 heterocycles. The van der Waals surface area contributed by atoms with E-state index in [-0.39, 0.29) is 6.04 Å². The van der Waals surface area contributed by atoms with Crippen LogP contribution in [0.3, 0.4) is 0 Å². The van der Waals surface area contributed by atoms with Crippen molar-refractivity contribution in [3.63, 3.8) is 0 Å². The van der Waals surface area contributed by atoms with Crippen molar-refractivity contribution in [1.82, 2.24) is 0 Å². The molecule has 0 saturated heterocycles. The van der Waals surface area contributed by atoms with Crippen LogP contribution in [0.25, 0.3) is 0 Å². The molecule has 0 aromatic heterocycles. The Hall–Kier alpha value is -2.78. The van der Waals surface area contributed by atoms with E-state index in [0.29, 0.717) is 12.8 Å². The molecule has 3 heteroatoms. The van der Waals surface area contributed by atoms with E-state index in [9.17, 15) is 0 Å². The summed E-state index contributed by atoms with van der Waals surface area (Å²) in [5.41, 5.74) is 3.04. The maximum Gasteiger partial charge on any atom is 0.0669 e. The lowest BCUT2D eigenvalue weighted by Crippen LogP contribution is -2.10. The maximum atomic E-state index is 8.96. The third-order valence-electron chi connectivity index (χ3n) is 3.08. The zero-order valence-electron chi connectivity index (χ0n) is 11.1. The first-order chi connectivity index (χ1) is 9.83. The Morgan fingerprint density at radius 2 is 1.60 bits per heavy atom. The normalized spacial score (nSPS) is 11.1. The first-order valence-corrected chi connectivity index (χ1v) is 6.48. The van der Waals surface area contributed by atoms with Gasteiger partial charge in [0.15, 0.2) is 0 Å². The number of hydrogen-bond donors (Lipinski definition) is 1. The molecule has 0 aliphatic carbocycles. The van der Waals surface area contributed by atoms with Gasteiger partial charge in [0.1, 0.15) is 0 Å². The Labute approximate surface area is 119 Å². The Morgan fingerprint density at radius 1 is 0.900 bits per heavy atom. The smallest absolute Gasteiger partial charge is 0.0669 e. The standard InChI is InChI=1S/C17H15N3/c18-12-10-14-6-8-16(9-7-14)20-17(11-13-19)15-4-2-1-3-5-15/h1-9,17,20H,10-11H2. The molecule has 1 N–H and O–H groups in total. The molecule has 1 atom stereocenters. The van der Waals surface area contributed by atoms with Crippen LogP contribution in [-0.2, 0) is 6.42 Å². The van der Waals surface area contributed by atoms with Crippen LogP contribution in [-0.4, -0.2) is 0 Å². The molecule has 0 radical (unpaired) electrons. The molecule has 0 aliphatic rings. The third-order valence-corrected chi connectivity index (χ3v) is 3.08. The van der Waals surface area contributed by atoms with E-state index < -0.39 is 0 Å². The molecule has 98 valence electrons. The van der Waals surface area contributed by atoms with Gasteiger partial charge < -0.3 is 5.32 Å². The summed E-state index contributed by atoms with van der Waals surface area (Å²) in [5.74, 6) is 0. The van der Waals surface area contributed by atoms with Crippen LogP contribution in [0.4, 0.5) is 5.69 Å². The summed E-state index contributed by atoms with van der Waals surface area (Å²) in [5, 5.41) is 21.0. The van der Waals surface area contributed by atoms with E-state index >= 15 is 0 Å². The Balaban J connectivity index is 2.13. The van der Waals surface area contributed by atoms with Crippen molar-refractivity contribution in [3.05, 3.63) is 65.7 Å². The number of nitrogens with zero attached hydrogens (tertiary/aromatic N) is 2. The minimum Gasteiger partial charge on any atom is -0.377 e. The molecule has 2 aromatic rings. The predicted molar refractivity (Wildman–Crippen MR) is 78.8 cm³/mol. The van der Waals surface area contributed by atoms with Gasteiger partial charge in [-0.1, -0.05) is 42.5 Å². The number of benzene rings is 2. The van der Waals surface area contributed by atoms with E-state index in [2.05, 4.69) is 17.5 Å². The second-order valence-corrected chi connectivity index (χ2v) is 4.50. The summed E-state index contributed by atoms with van der Waals surface area (Å²) in [4.78, 5) is 0. The lowest BCUT2D eigenvalue weighted by Gasteiger charge is -2.17. The van der Waals surface area contributed by atoms with Crippen LogP contribution >= 0.6 is 0 Å². The summed E-state index contributed by atoms with van der Waals surface area (Å²) in [6.45, 7) is 0. The quantitative estimate of drug-likeness (QED) is 0.890. The molecule has 0 saturated carbocycles. The van der Waals surface area contributed by atoms with Crippen molar-refractivity contribution in [2.45, 2.75) is 18.9 Å². The van der Waals surface area contributed by atoms with Crippen molar-refractivity contribution in [2.75, 3.05) is 5.32 Å². The van der Waals surface area contributed by atoms with Gasteiger partial charge >= 0.3 is 0 Å². The average Bonchev–Trinajstić information content (AvgIpc) is 2.50. The monoisotopic (exact) mass is 261 g/mol. The third kappa shape index (κ3) is 3.60. The molecule has 0 aliphatic heterocycles. The molecule has 2 aromatic carbocycles. The van der Waals surface area contributed by atoms with Crippen LogP contribution in [0.15, 0.2) is 54.6 Å². The van der Waals surface area contributed by atoms with Gasteiger partial charge in [0, 0.05) is 5.69 Å².